The number of carbonyl (C=O) groups is 2. The van der Waals surface area contributed by atoms with Crippen molar-refractivity contribution in [2.75, 3.05) is 10.6 Å². The summed E-state index contributed by atoms with van der Waals surface area (Å²) in [6, 6.07) is 15.8. The van der Waals surface area contributed by atoms with Gasteiger partial charge in [-0.2, -0.15) is 5.26 Å². The van der Waals surface area contributed by atoms with Crippen molar-refractivity contribution in [3.63, 3.8) is 0 Å². The number of nitrogens with zero attached hydrogens (tertiary/aromatic N) is 4. The minimum absolute atomic E-state index is 0.295. The van der Waals surface area contributed by atoms with Gasteiger partial charge in [0.2, 0.25) is 0 Å². The smallest absolute Gasteiger partial charge is 0.255 e. The van der Waals surface area contributed by atoms with Crippen LogP contribution in [0.25, 0.3) is 11.0 Å². The normalized spacial score (nSPS) is 11.0. The summed E-state index contributed by atoms with van der Waals surface area (Å²) in [7, 11) is 0. The number of anilines is 2. The number of aryl methyl sites for hydroxylation is 1. The number of rotatable bonds is 5. The van der Waals surface area contributed by atoms with Crippen molar-refractivity contribution in [1.82, 2.24) is 15.0 Å². The summed E-state index contributed by atoms with van der Waals surface area (Å²) in [5.41, 5.74) is 3.81. The van der Waals surface area contributed by atoms with Crippen LogP contribution in [-0.2, 0) is 5.41 Å². The third kappa shape index (κ3) is 4.74. The van der Waals surface area contributed by atoms with Crippen molar-refractivity contribution in [1.29, 1.82) is 5.26 Å². The first-order chi connectivity index (χ1) is 16.3. The molecule has 0 bridgehead atoms. The number of fused-ring (bicyclic) bond motifs is 1. The molecule has 8 heteroatoms. The van der Waals surface area contributed by atoms with E-state index < -0.39 is 5.41 Å². The number of carbonyl (C=O) groups excluding carboxylic acids is 2. The lowest BCUT2D eigenvalue weighted by molar-refractivity contribution is 0.101. The van der Waals surface area contributed by atoms with E-state index in [1.807, 2.05) is 13.0 Å². The number of hydrogen-bond donors (Lipinski definition) is 2. The Hall–Kier alpha value is -4.64. The molecule has 2 amide bonds. The number of aromatic nitrogens is 3. The van der Waals surface area contributed by atoms with E-state index in [2.05, 4.69) is 31.7 Å². The van der Waals surface area contributed by atoms with Crippen molar-refractivity contribution in [3.05, 3.63) is 89.5 Å². The summed E-state index contributed by atoms with van der Waals surface area (Å²) >= 11 is 0. The fourth-order valence-electron chi connectivity index (χ4n) is 3.31. The lowest BCUT2D eigenvalue weighted by Gasteiger charge is -2.15. The molecule has 4 aromatic rings. The molecule has 8 nitrogen and oxygen atoms in total. The average molecular weight is 451 g/mol. The fourth-order valence-corrected chi connectivity index (χ4v) is 3.31. The molecule has 0 saturated carbocycles. The van der Waals surface area contributed by atoms with Crippen LogP contribution in [0.1, 0.15) is 45.8 Å². The van der Waals surface area contributed by atoms with E-state index in [9.17, 15) is 14.9 Å². The van der Waals surface area contributed by atoms with Crippen LogP contribution in [0.3, 0.4) is 0 Å². The number of nitriles is 1. The van der Waals surface area contributed by atoms with Crippen molar-refractivity contribution < 1.29 is 9.59 Å². The number of benzene rings is 2. The third-order valence-corrected chi connectivity index (χ3v) is 5.42. The standard InChI is InChI=1S/C26H22N6O2/c1-16-4-6-19(31-24(33)18-8-9-30-23(13-18)26(2,3)15-27)14-21(16)32-25(34)17-5-7-20-22(12-17)29-11-10-28-20/h4-14H,1-3H3,(H,31,33)(H,32,34). The Morgan fingerprint density at radius 3 is 2.29 bits per heavy atom. The van der Waals surface area contributed by atoms with E-state index in [0.717, 1.165) is 5.56 Å². The minimum atomic E-state index is -0.814. The van der Waals surface area contributed by atoms with Gasteiger partial charge in [0, 0.05) is 41.1 Å². The second kappa shape index (κ2) is 9.08. The maximum atomic E-state index is 12.8. The summed E-state index contributed by atoms with van der Waals surface area (Å²) in [6.07, 6.45) is 4.69. The molecular weight excluding hydrogens is 428 g/mol. The highest BCUT2D eigenvalue weighted by Crippen LogP contribution is 2.24. The van der Waals surface area contributed by atoms with E-state index in [-0.39, 0.29) is 11.8 Å². The van der Waals surface area contributed by atoms with Crippen LogP contribution in [0.5, 0.6) is 0 Å². The molecule has 2 N–H and O–H groups in total. The van der Waals surface area contributed by atoms with E-state index in [1.165, 1.54) is 6.20 Å². The van der Waals surface area contributed by atoms with Gasteiger partial charge in [-0.15, -0.1) is 0 Å². The lowest BCUT2D eigenvalue weighted by Crippen LogP contribution is -2.19. The zero-order valence-corrected chi connectivity index (χ0v) is 19.0. The van der Waals surface area contributed by atoms with Crippen molar-refractivity contribution in [2.45, 2.75) is 26.2 Å². The summed E-state index contributed by atoms with van der Waals surface area (Å²) in [5.74, 6) is -0.636. The first-order valence-electron chi connectivity index (χ1n) is 10.6. The van der Waals surface area contributed by atoms with Crippen LogP contribution in [0, 0.1) is 18.3 Å². The van der Waals surface area contributed by atoms with Gasteiger partial charge in [0.05, 0.1) is 28.2 Å². The lowest BCUT2D eigenvalue weighted by atomic mass is 9.90. The fraction of sp³-hybridized carbons (Fsp3) is 0.154. The molecule has 0 unspecified atom stereocenters. The van der Waals surface area contributed by atoms with Crippen molar-refractivity contribution in [2.24, 2.45) is 0 Å². The van der Waals surface area contributed by atoms with Gasteiger partial charge in [-0.3, -0.25) is 24.5 Å². The summed E-state index contributed by atoms with van der Waals surface area (Å²) in [6.45, 7) is 5.36. The third-order valence-electron chi connectivity index (χ3n) is 5.42. The monoisotopic (exact) mass is 450 g/mol. The molecule has 0 radical (unpaired) electrons. The Kier molecular flexibility index (Phi) is 6.02. The molecule has 0 aliphatic carbocycles. The molecule has 0 fully saturated rings. The molecule has 0 aliphatic rings. The highest BCUT2D eigenvalue weighted by atomic mass is 16.2. The molecule has 2 aromatic carbocycles. The molecular formula is C26H22N6O2. The Bertz CT molecular complexity index is 1460. The highest BCUT2D eigenvalue weighted by molar-refractivity contribution is 6.07. The van der Waals surface area contributed by atoms with Gasteiger partial charge in [0.15, 0.2) is 0 Å². The van der Waals surface area contributed by atoms with Gasteiger partial charge in [0.25, 0.3) is 11.8 Å². The van der Waals surface area contributed by atoms with Crippen LogP contribution < -0.4 is 10.6 Å². The highest BCUT2D eigenvalue weighted by Gasteiger charge is 2.22. The van der Waals surface area contributed by atoms with Crippen LogP contribution in [-0.4, -0.2) is 26.8 Å². The Morgan fingerprint density at radius 1 is 0.824 bits per heavy atom. The van der Waals surface area contributed by atoms with E-state index in [4.69, 9.17) is 0 Å². The van der Waals surface area contributed by atoms with Gasteiger partial charge in [-0.1, -0.05) is 6.07 Å². The van der Waals surface area contributed by atoms with Gasteiger partial charge < -0.3 is 10.6 Å². The summed E-state index contributed by atoms with van der Waals surface area (Å²) in [5, 5.41) is 15.1. The van der Waals surface area contributed by atoms with Gasteiger partial charge >= 0.3 is 0 Å². The topological polar surface area (TPSA) is 121 Å². The van der Waals surface area contributed by atoms with Gasteiger partial charge in [0.1, 0.15) is 0 Å². The Labute approximate surface area is 196 Å². The molecule has 34 heavy (non-hydrogen) atoms. The second-order valence-corrected chi connectivity index (χ2v) is 8.36. The quantitative estimate of drug-likeness (QED) is 0.457. The van der Waals surface area contributed by atoms with Gasteiger partial charge in [-0.05, 0) is 68.8 Å². The SMILES string of the molecule is Cc1ccc(NC(=O)c2ccnc(C(C)(C)C#N)c2)cc1NC(=O)c1ccc2nccnc2c1. The largest absolute Gasteiger partial charge is 0.322 e. The predicted molar refractivity (Wildman–Crippen MR) is 129 cm³/mol. The molecule has 4 rings (SSSR count). The molecule has 2 heterocycles. The maximum absolute atomic E-state index is 12.8. The molecule has 168 valence electrons. The average Bonchev–Trinajstić information content (AvgIpc) is 2.85. The number of pyridine rings is 1. The molecule has 0 aliphatic heterocycles. The Balaban J connectivity index is 1.53. The zero-order valence-electron chi connectivity index (χ0n) is 19.0. The summed E-state index contributed by atoms with van der Waals surface area (Å²) in [4.78, 5) is 38.3. The van der Waals surface area contributed by atoms with E-state index in [0.29, 0.717) is 39.2 Å². The molecule has 0 spiro atoms. The maximum Gasteiger partial charge on any atom is 0.255 e. The zero-order chi connectivity index (χ0) is 24.3. The van der Waals surface area contributed by atoms with Crippen LogP contribution in [0.15, 0.2) is 67.1 Å². The van der Waals surface area contributed by atoms with Crippen LogP contribution in [0.4, 0.5) is 11.4 Å². The minimum Gasteiger partial charge on any atom is -0.322 e. The Morgan fingerprint density at radius 2 is 1.53 bits per heavy atom. The van der Waals surface area contributed by atoms with E-state index >= 15 is 0 Å². The van der Waals surface area contributed by atoms with E-state index in [1.54, 1.807) is 68.7 Å². The summed E-state index contributed by atoms with van der Waals surface area (Å²) < 4.78 is 0. The number of hydrogen-bond acceptors (Lipinski definition) is 6. The van der Waals surface area contributed by atoms with Crippen LogP contribution >= 0.6 is 0 Å². The molecule has 0 saturated heterocycles. The van der Waals surface area contributed by atoms with Crippen molar-refractivity contribution >= 4 is 34.2 Å². The van der Waals surface area contributed by atoms with Crippen molar-refractivity contribution in [3.8, 4) is 6.07 Å². The molecule has 0 atom stereocenters. The first kappa shape index (κ1) is 22.6. The second-order valence-electron chi connectivity index (χ2n) is 8.36. The molecule has 2 aromatic heterocycles. The first-order valence-corrected chi connectivity index (χ1v) is 10.6. The predicted octanol–water partition coefficient (Wildman–Crippen LogP) is 4.64. The number of amides is 2. The van der Waals surface area contributed by atoms with Gasteiger partial charge in [-0.25, -0.2) is 0 Å². The number of nitrogens with one attached hydrogen (secondary N) is 2. The van der Waals surface area contributed by atoms with Crippen LogP contribution in [0.2, 0.25) is 0 Å².